The molecule has 1 N–H and O–H groups in total. The summed E-state index contributed by atoms with van der Waals surface area (Å²) in [5.74, 6) is 0.521. The van der Waals surface area contributed by atoms with E-state index in [1.165, 1.54) is 33.4 Å². The maximum absolute atomic E-state index is 11.9. The molecule has 42 heavy (non-hydrogen) atoms. The minimum Gasteiger partial charge on any atom is -0.393 e. The zero-order valence-corrected chi connectivity index (χ0v) is 27.8. The lowest BCUT2D eigenvalue weighted by Crippen LogP contribution is -2.30. The van der Waals surface area contributed by atoms with E-state index >= 15 is 0 Å². The highest BCUT2D eigenvalue weighted by Crippen LogP contribution is 2.41. The minimum atomic E-state index is -0.229. The first-order valence-corrected chi connectivity index (χ1v) is 15.3. The van der Waals surface area contributed by atoms with E-state index in [0.29, 0.717) is 6.42 Å². The highest BCUT2D eigenvalue weighted by Gasteiger charge is 2.34. The number of rotatable bonds is 10. The second-order valence-electron chi connectivity index (χ2n) is 13.6. The molecule has 0 bridgehead atoms. The summed E-state index contributed by atoms with van der Waals surface area (Å²) in [5, 5.41) is 10.1. The third-order valence-corrected chi connectivity index (χ3v) is 8.16. The minimum absolute atomic E-state index is 0.00310. The number of ketones is 1. The Balaban J connectivity index is 1.90. The van der Waals surface area contributed by atoms with Crippen LogP contribution in [0.5, 0.6) is 0 Å². The topological polar surface area (TPSA) is 37.3 Å². The first-order chi connectivity index (χ1) is 19.6. The van der Waals surface area contributed by atoms with Gasteiger partial charge in [0.05, 0.1) is 6.10 Å². The van der Waals surface area contributed by atoms with Crippen LogP contribution in [0.2, 0.25) is 0 Å². The number of carbonyl (C=O) groups excluding carboxylic acids is 1. The summed E-state index contributed by atoms with van der Waals surface area (Å²) < 4.78 is 0. The molecule has 2 nitrogen and oxygen atoms in total. The number of allylic oxidation sites excluding steroid dienone is 21. The Kier molecular flexibility index (Phi) is 13.2. The van der Waals surface area contributed by atoms with Gasteiger partial charge >= 0.3 is 0 Å². The highest BCUT2D eigenvalue weighted by molar-refractivity contribution is 5.92. The average Bonchev–Trinajstić information content (AvgIpc) is 2.84. The van der Waals surface area contributed by atoms with Crippen molar-refractivity contribution in [1.82, 2.24) is 0 Å². The van der Waals surface area contributed by atoms with Crippen LogP contribution in [0, 0.1) is 16.7 Å². The van der Waals surface area contributed by atoms with Gasteiger partial charge in [0.2, 0.25) is 0 Å². The van der Waals surface area contributed by atoms with E-state index in [0.717, 1.165) is 18.4 Å². The van der Waals surface area contributed by atoms with Crippen molar-refractivity contribution in [2.24, 2.45) is 16.7 Å². The number of aliphatic hydroxyl groups excluding tert-OH is 1. The molecule has 0 aromatic rings. The van der Waals surface area contributed by atoms with Gasteiger partial charge in [-0.1, -0.05) is 146 Å². The normalized spacial score (nSPS) is 24.8. The lowest BCUT2D eigenvalue weighted by molar-refractivity contribution is -0.117. The van der Waals surface area contributed by atoms with E-state index in [1.54, 1.807) is 6.08 Å². The Bertz CT molecular complexity index is 1320. The summed E-state index contributed by atoms with van der Waals surface area (Å²) in [6, 6.07) is 0. The molecule has 0 aromatic heterocycles. The summed E-state index contributed by atoms with van der Waals surface area (Å²) in [6.45, 7) is 21.4. The van der Waals surface area contributed by atoms with Gasteiger partial charge in [0, 0.05) is 12.3 Å². The van der Waals surface area contributed by atoms with Crippen molar-refractivity contribution in [2.45, 2.75) is 94.6 Å². The van der Waals surface area contributed by atoms with Crippen LogP contribution in [0.15, 0.2) is 130 Å². The predicted molar refractivity (Wildman–Crippen MR) is 183 cm³/mol. The van der Waals surface area contributed by atoms with E-state index < -0.39 is 0 Å². The summed E-state index contributed by atoms with van der Waals surface area (Å²) >= 11 is 0. The van der Waals surface area contributed by atoms with Crippen LogP contribution in [-0.2, 0) is 4.79 Å². The van der Waals surface area contributed by atoms with E-state index in [9.17, 15) is 9.90 Å². The molecule has 2 heteroatoms. The molecule has 0 aromatic carbocycles. The quantitative estimate of drug-likeness (QED) is 0.267. The molecule has 226 valence electrons. The third kappa shape index (κ3) is 11.6. The van der Waals surface area contributed by atoms with Gasteiger partial charge in [-0.3, -0.25) is 4.79 Å². The van der Waals surface area contributed by atoms with Crippen LogP contribution in [0.25, 0.3) is 0 Å². The highest BCUT2D eigenvalue weighted by atomic mass is 16.3. The van der Waals surface area contributed by atoms with Gasteiger partial charge in [-0.25, -0.2) is 0 Å². The van der Waals surface area contributed by atoms with Gasteiger partial charge in [-0.05, 0) is 76.9 Å². The molecule has 0 amide bonds. The summed E-state index contributed by atoms with van der Waals surface area (Å²) in [7, 11) is 0. The predicted octanol–water partition coefficient (Wildman–Crippen LogP) is 10.6. The van der Waals surface area contributed by atoms with Crippen LogP contribution in [0.1, 0.15) is 88.5 Å². The maximum atomic E-state index is 11.9. The molecule has 0 spiro atoms. The lowest BCUT2D eigenvalue weighted by Gasteiger charge is -2.35. The molecule has 2 atom stereocenters. The van der Waals surface area contributed by atoms with Crippen LogP contribution in [-0.4, -0.2) is 17.0 Å². The Labute approximate surface area is 256 Å². The number of hydrogen-bond acceptors (Lipinski definition) is 2. The van der Waals surface area contributed by atoms with Crippen LogP contribution in [0.3, 0.4) is 0 Å². The molecule has 2 rings (SSSR count). The zero-order chi connectivity index (χ0) is 31.5. The van der Waals surface area contributed by atoms with Crippen LogP contribution >= 0.6 is 0 Å². The Morgan fingerprint density at radius 3 is 1.81 bits per heavy atom. The first-order valence-electron chi connectivity index (χ1n) is 15.3. The van der Waals surface area contributed by atoms with Crippen molar-refractivity contribution in [2.75, 3.05) is 0 Å². The molecule has 2 aliphatic rings. The SMILES string of the molecule is CC1=CC(=O)CC(C)(C)[C@H]1/C=C/C(C)=C/C=C/C(C)=C/C=C/C=C(C)/C=C/C=C(C)/C=C/C1=C(C)C[C@@H](O)CC1(C)C. The number of carbonyl (C=O) groups is 1. The molecule has 0 saturated heterocycles. The van der Waals surface area contributed by atoms with E-state index in [1.807, 2.05) is 0 Å². The van der Waals surface area contributed by atoms with Crippen molar-refractivity contribution < 1.29 is 9.90 Å². The van der Waals surface area contributed by atoms with E-state index in [-0.39, 0.29) is 28.6 Å². The zero-order valence-electron chi connectivity index (χ0n) is 27.8. The van der Waals surface area contributed by atoms with Gasteiger partial charge in [-0.2, -0.15) is 0 Å². The largest absolute Gasteiger partial charge is 0.393 e. The summed E-state index contributed by atoms with van der Waals surface area (Å²) in [6.07, 6.45) is 33.6. The second-order valence-corrected chi connectivity index (χ2v) is 13.6. The van der Waals surface area contributed by atoms with Gasteiger partial charge in [-0.15, -0.1) is 0 Å². The molecule has 2 aliphatic carbocycles. The number of aliphatic hydroxyl groups is 1. The Morgan fingerprint density at radius 2 is 1.29 bits per heavy atom. The molecular weight excluding hydrogens is 512 g/mol. The fourth-order valence-electron chi connectivity index (χ4n) is 5.97. The van der Waals surface area contributed by atoms with E-state index in [4.69, 9.17) is 0 Å². The Hall–Kier alpha value is -3.23. The van der Waals surface area contributed by atoms with E-state index in [2.05, 4.69) is 154 Å². The van der Waals surface area contributed by atoms with Crippen molar-refractivity contribution >= 4 is 5.78 Å². The number of hydrogen-bond donors (Lipinski definition) is 1. The second kappa shape index (κ2) is 15.8. The maximum Gasteiger partial charge on any atom is 0.156 e. The van der Waals surface area contributed by atoms with Gasteiger partial charge in [0.15, 0.2) is 5.78 Å². The Morgan fingerprint density at radius 1 is 0.786 bits per heavy atom. The monoisotopic (exact) mass is 566 g/mol. The summed E-state index contributed by atoms with van der Waals surface area (Å²) in [5.41, 5.74) is 8.49. The van der Waals surface area contributed by atoms with Crippen molar-refractivity contribution in [3.05, 3.63) is 130 Å². The average molecular weight is 567 g/mol. The van der Waals surface area contributed by atoms with Crippen LogP contribution in [0.4, 0.5) is 0 Å². The smallest absolute Gasteiger partial charge is 0.156 e. The van der Waals surface area contributed by atoms with Crippen molar-refractivity contribution in [3.63, 3.8) is 0 Å². The molecule has 0 radical (unpaired) electrons. The van der Waals surface area contributed by atoms with Gasteiger partial charge < -0.3 is 5.11 Å². The standard InChI is InChI=1S/C40H54O2/c1-29(17-13-19-31(3)21-23-37-33(5)25-35(41)27-39(37,7)8)15-11-12-16-30(2)18-14-20-32(4)22-24-38-34(6)26-36(42)28-40(38,9)10/h11-25,36-37,42H,26-28H2,1-10H3/b12-11+,17-13+,18-14+,23-21+,24-22+,29-15+,30-16+,31-19+,32-20+/t36-,37+/m1/s1. The van der Waals surface area contributed by atoms with Gasteiger partial charge in [0.25, 0.3) is 0 Å². The van der Waals surface area contributed by atoms with Crippen LogP contribution < -0.4 is 0 Å². The molecule has 0 heterocycles. The molecular formula is C40H54O2. The molecule has 0 saturated carbocycles. The fraction of sp³-hybridized carbons (Fsp3) is 0.425. The fourth-order valence-corrected chi connectivity index (χ4v) is 5.97. The molecule has 0 aliphatic heterocycles. The van der Waals surface area contributed by atoms with Crippen molar-refractivity contribution in [3.8, 4) is 0 Å². The molecule has 0 fully saturated rings. The first kappa shape index (κ1) is 35.0. The lowest BCUT2D eigenvalue weighted by atomic mass is 9.68. The van der Waals surface area contributed by atoms with Gasteiger partial charge in [0.1, 0.15) is 0 Å². The summed E-state index contributed by atoms with van der Waals surface area (Å²) in [4.78, 5) is 11.9. The molecule has 0 unspecified atom stereocenters. The van der Waals surface area contributed by atoms with Crippen molar-refractivity contribution in [1.29, 1.82) is 0 Å². The third-order valence-electron chi connectivity index (χ3n) is 8.16.